The fourth-order valence-electron chi connectivity index (χ4n) is 2.78. The van der Waals surface area contributed by atoms with Crippen molar-refractivity contribution in [2.75, 3.05) is 6.26 Å². The van der Waals surface area contributed by atoms with Gasteiger partial charge in [0.15, 0.2) is 5.60 Å². The minimum absolute atomic E-state index is 0.0105. The van der Waals surface area contributed by atoms with E-state index in [4.69, 9.17) is 9.88 Å². The lowest BCUT2D eigenvalue weighted by molar-refractivity contribution is -0.125. The first-order valence-electron chi connectivity index (χ1n) is 7.89. The van der Waals surface area contributed by atoms with Crippen molar-refractivity contribution >= 4 is 38.9 Å². The quantitative estimate of drug-likeness (QED) is 0.811. The molecule has 0 bridgehead atoms. The summed E-state index contributed by atoms with van der Waals surface area (Å²) in [7, 11) is -3.78. The zero-order chi connectivity index (χ0) is 19.1. The SMILES string of the molecule is CSc1ccc(C2=C(c3ccc(S(N)(=O)=O)cc3)OC(C)(C)C2=O)cc1. The lowest BCUT2D eigenvalue weighted by Gasteiger charge is -2.17. The van der Waals surface area contributed by atoms with E-state index >= 15 is 0 Å². The van der Waals surface area contributed by atoms with Gasteiger partial charge in [-0.1, -0.05) is 12.1 Å². The van der Waals surface area contributed by atoms with Crippen LogP contribution in [0.5, 0.6) is 0 Å². The number of ketones is 1. The zero-order valence-electron chi connectivity index (χ0n) is 14.6. The van der Waals surface area contributed by atoms with Gasteiger partial charge in [0, 0.05) is 10.5 Å². The number of ether oxygens (including phenoxy) is 1. The predicted molar refractivity (Wildman–Crippen MR) is 103 cm³/mol. The van der Waals surface area contributed by atoms with E-state index in [1.165, 1.54) is 12.1 Å². The highest BCUT2D eigenvalue weighted by Gasteiger charge is 2.42. The Labute approximate surface area is 157 Å². The first kappa shape index (κ1) is 18.7. The number of carbonyl (C=O) groups is 1. The molecule has 0 saturated heterocycles. The average molecular weight is 389 g/mol. The summed E-state index contributed by atoms with van der Waals surface area (Å²) < 4.78 is 28.8. The summed E-state index contributed by atoms with van der Waals surface area (Å²) in [5.74, 6) is 0.331. The molecule has 0 radical (unpaired) electrons. The molecule has 0 fully saturated rings. The van der Waals surface area contributed by atoms with Gasteiger partial charge in [-0.2, -0.15) is 0 Å². The van der Waals surface area contributed by atoms with Crippen LogP contribution in [0.15, 0.2) is 58.3 Å². The topological polar surface area (TPSA) is 86.5 Å². The van der Waals surface area contributed by atoms with Crippen LogP contribution >= 0.6 is 11.8 Å². The second-order valence-electron chi connectivity index (χ2n) is 6.44. The summed E-state index contributed by atoms with van der Waals surface area (Å²) in [6.45, 7) is 3.44. The number of hydrogen-bond donors (Lipinski definition) is 1. The summed E-state index contributed by atoms with van der Waals surface area (Å²) >= 11 is 1.62. The van der Waals surface area contributed by atoms with Crippen LogP contribution in [0.25, 0.3) is 11.3 Å². The van der Waals surface area contributed by atoms with Crippen LogP contribution in [0.4, 0.5) is 0 Å². The predicted octanol–water partition coefficient (Wildman–Crippen LogP) is 3.30. The van der Waals surface area contributed by atoms with E-state index in [9.17, 15) is 13.2 Å². The van der Waals surface area contributed by atoms with Gasteiger partial charge in [-0.15, -0.1) is 11.8 Å². The van der Waals surface area contributed by atoms with Crippen LogP contribution in [0.1, 0.15) is 25.0 Å². The molecule has 5 nitrogen and oxygen atoms in total. The maximum atomic E-state index is 12.9. The average Bonchev–Trinajstić information content (AvgIpc) is 2.84. The number of nitrogens with two attached hydrogens (primary N) is 1. The van der Waals surface area contributed by atoms with Crippen LogP contribution in [0.3, 0.4) is 0 Å². The van der Waals surface area contributed by atoms with Crippen LogP contribution in [0, 0.1) is 0 Å². The third kappa shape index (κ3) is 3.42. The molecule has 2 aromatic rings. The third-order valence-electron chi connectivity index (χ3n) is 4.18. The van der Waals surface area contributed by atoms with Crippen molar-refractivity contribution in [3.8, 4) is 0 Å². The van der Waals surface area contributed by atoms with E-state index in [2.05, 4.69) is 0 Å². The zero-order valence-corrected chi connectivity index (χ0v) is 16.3. The molecule has 2 aromatic carbocycles. The molecule has 0 aromatic heterocycles. The Bertz CT molecular complexity index is 989. The normalized spacial score (nSPS) is 16.7. The summed E-state index contributed by atoms with van der Waals surface area (Å²) in [6.07, 6.45) is 1.99. The summed E-state index contributed by atoms with van der Waals surface area (Å²) in [6, 6.07) is 13.7. The third-order valence-corrected chi connectivity index (χ3v) is 5.85. The minimum atomic E-state index is -3.78. The van der Waals surface area contributed by atoms with Crippen molar-refractivity contribution in [2.24, 2.45) is 5.14 Å². The molecule has 1 aliphatic heterocycles. The van der Waals surface area contributed by atoms with Gasteiger partial charge in [-0.3, -0.25) is 4.79 Å². The number of rotatable bonds is 4. The molecule has 136 valence electrons. The van der Waals surface area contributed by atoms with Gasteiger partial charge in [0.25, 0.3) is 0 Å². The van der Waals surface area contributed by atoms with E-state index in [0.29, 0.717) is 16.9 Å². The Morgan fingerprint density at radius 2 is 1.50 bits per heavy atom. The van der Waals surface area contributed by atoms with Gasteiger partial charge in [-0.05, 0) is 62.1 Å². The van der Waals surface area contributed by atoms with Gasteiger partial charge in [-0.25, -0.2) is 13.6 Å². The van der Waals surface area contributed by atoms with Crippen molar-refractivity contribution in [1.29, 1.82) is 0 Å². The second kappa shape index (κ2) is 6.57. The van der Waals surface area contributed by atoms with Gasteiger partial charge < -0.3 is 4.74 Å². The Hall–Kier alpha value is -2.09. The Balaban J connectivity index is 2.13. The smallest absolute Gasteiger partial charge is 0.238 e. The molecule has 0 spiro atoms. The van der Waals surface area contributed by atoms with Crippen molar-refractivity contribution in [3.63, 3.8) is 0 Å². The molecule has 1 aliphatic rings. The van der Waals surface area contributed by atoms with Crippen molar-refractivity contribution < 1.29 is 17.9 Å². The molecule has 3 rings (SSSR count). The molecule has 0 amide bonds. The van der Waals surface area contributed by atoms with E-state index < -0.39 is 15.6 Å². The van der Waals surface area contributed by atoms with Crippen LogP contribution in [-0.2, 0) is 19.6 Å². The van der Waals surface area contributed by atoms with E-state index in [1.807, 2.05) is 30.5 Å². The summed E-state index contributed by atoms with van der Waals surface area (Å²) in [5, 5.41) is 5.14. The first-order valence-corrected chi connectivity index (χ1v) is 10.7. The fourth-order valence-corrected chi connectivity index (χ4v) is 3.70. The summed E-state index contributed by atoms with van der Waals surface area (Å²) in [4.78, 5) is 14.0. The standard InChI is InChI=1S/C19H19NO4S2/c1-19(2)18(21)16(12-4-8-14(25-3)9-5-12)17(24-19)13-6-10-15(11-7-13)26(20,22)23/h4-11H,1-3H3,(H2,20,22,23). The van der Waals surface area contributed by atoms with Gasteiger partial charge >= 0.3 is 0 Å². The second-order valence-corrected chi connectivity index (χ2v) is 8.88. The number of Topliss-reactive ketones (excluding diaryl/α,β-unsaturated/α-hetero) is 1. The van der Waals surface area contributed by atoms with Gasteiger partial charge in [0.2, 0.25) is 15.8 Å². The highest BCUT2D eigenvalue weighted by atomic mass is 32.2. The molecule has 0 unspecified atom stereocenters. The molecule has 7 heteroatoms. The van der Waals surface area contributed by atoms with Crippen LogP contribution in [-0.4, -0.2) is 26.1 Å². The molecule has 0 aliphatic carbocycles. The maximum Gasteiger partial charge on any atom is 0.238 e. The summed E-state index contributed by atoms with van der Waals surface area (Å²) in [5.41, 5.74) is 0.900. The van der Waals surface area contributed by atoms with Crippen LogP contribution in [0.2, 0.25) is 0 Å². The molecular formula is C19H19NO4S2. The minimum Gasteiger partial charge on any atom is -0.478 e. The van der Waals surface area contributed by atoms with Crippen molar-refractivity contribution in [3.05, 3.63) is 59.7 Å². The van der Waals surface area contributed by atoms with Gasteiger partial charge in [0.05, 0.1) is 10.5 Å². The molecule has 2 N–H and O–H groups in total. The highest BCUT2D eigenvalue weighted by molar-refractivity contribution is 7.98. The number of sulfonamides is 1. The number of thioether (sulfide) groups is 1. The fraction of sp³-hybridized carbons (Fsp3) is 0.211. The Morgan fingerprint density at radius 1 is 0.962 bits per heavy atom. The number of hydrogen-bond acceptors (Lipinski definition) is 5. The van der Waals surface area contributed by atoms with Gasteiger partial charge in [0.1, 0.15) is 5.76 Å². The maximum absolute atomic E-state index is 12.9. The molecule has 0 saturated carbocycles. The lowest BCUT2D eigenvalue weighted by atomic mass is 9.93. The molecule has 26 heavy (non-hydrogen) atoms. The first-order chi connectivity index (χ1) is 12.1. The monoisotopic (exact) mass is 389 g/mol. The number of benzene rings is 2. The van der Waals surface area contributed by atoms with Crippen LogP contribution < -0.4 is 5.14 Å². The number of carbonyl (C=O) groups excluding carboxylic acids is 1. The molecule has 1 heterocycles. The number of primary sulfonamides is 1. The van der Waals surface area contributed by atoms with Crippen molar-refractivity contribution in [1.82, 2.24) is 0 Å². The van der Waals surface area contributed by atoms with E-state index in [0.717, 1.165) is 10.5 Å². The van der Waals surface area contributed by atoms with E-state index in [1.54, 1.807) is 37.7 Å². The van der Waals surface area contributed by atoms with E-state index in [-0.39, 0.29) is 10.7 Å². The van der Waals surface area contributed by atoms with Crippen molar-refractivity contribution in [2.45, 2.75) is 29.2 Å². The lowest BCUT2D eigenvalue weighted by Crippen LogP contribution is -2.29. The molecule has 0 atom stereocenters. The Morgan fingerprint density at radius 3 is 2.00 bits per heavy atom. The Kier molecular flexibility index (Phi) is 4.72. The molecular weight excluding hydrogens is 370 g/mol. The highest BCUT2D eigenvalue weighted by Crippen LogP contribution is 2.41. The largest absolute Gasteiger partial charge is 0.478 e.